The summed E-state index contributed by atoms with van der Waals surface area (Å²) in [5.41, 5.74) is 1.63. The fourth-order valence-electron chi connectivity index (χ4n) is 2.34. The first kappa shape index (κ1) is 14.0. The summed E-state index contributed by atoms with van der Waals surface area (Å²) in [7, 11) is 0. The maximum atomic E-state index is 5.62. The molecule has 1 aliphatic rings. The van der Waals surface area contributed by atoms with Crippen molar-refractivity contribution in [2.24, 2.45) is 11.8 Å². The quantitative estimate of drug-likeness (QED) is 0.818. The van der Waals surface area contributed by atoms with E-state index in [4.69, 9.17) is 11.6 Å². The van der Waals surface area contributed by atoms with Crippen LogP contribution in [0, 0.1) is 11.8 Å². The van der Waals surface area contributed by atoms with Crippen LogP contribution in [0.1, 0.15) is 27.7 Å². The highest BCUT2D eigenvalue weighted by Gasteiger charge is 2.30. The Morgan fingerprint density at radius 1 is 1.31 bits per heavy atom. The van der Waals surface area contributed by atoms with Gasteiger partial charge in [0.05, 0.1) is 0 Å². The van der Waals surface area contributed by atoms with Crippen LogP contribution in [0.25, 0.3) is 0 Å². The first-order chi connectivity index (χ1) is 7.56. The predicted molar refractivity (Wildman–Crippen MR) is 71.8 cm³/mol. The lowest BCUT2D eigenvalue weighted by atomic mass is 9.94. The Labute approximate surface area is 105 Å². The van der Waals surface area contributed by atoms with Gasteiger partial charge in [-0.2, -0.15) is 0 Å². The molecular formula is C13H25ClN2. The predicted octanol–water partition coefficient (Wildman–Crippen LogP) is 2.69. The van der Waals surface area contributed by atoms with Crippen LogP contribution in [0.3, 0.4) is 0 Å². The summed E-state index contributed by atoms with van der Waals surface area (Å²) in [6.07, 6.45) is 2.04. The third-order valence-corrected chi connectivity index (χ3v) is 3.67. The Hall–Kier alpha value is -0.0500. The number of nitrogens with one attached hydrogen (secondary N) is 1. The second-order valence-electron chi connectivity index (χ2n) is 5.39. The molecule has 1 aliphatic heterocycles. The minimum atomic E-state index is 0.610. The van der Waals surface area contributed by atoms with Crippen LogP contribution in [0.5, 0.6) is 0 Å². The maximum Gasteiger partial charge on any atom is 0.0247 e. The Bertz CT molecular complexity index is 226. The van der Waals surface area contributed by atoms with Crippen LogP contribution in [0.2, 0.25) is 0 Å². The summed E-state index contributed by atoms with van der Waals surface area (Å²) >= 11 is 5.62. The zero-order valence-electron chi connectivity index (χ0n) is 10.9. The molecule has 2 atom stereocenters. The molecule has 2 nitrogen and oxygen atoms in total. The smallest absolute Gasteiger partial charge is 0.0247 e. The van der Waals surface area contributed by atoms with Crippen molar-refractivity contribution in [2.45, 2.75) is 39.8 Å². The van der Waals surface area contributed by atoms with Gasteiger partial charge in [-0.15, -0.1) is 0 Å². The number of hydrogen-bond acceptors (Lipinski definition) is 2. The van der Waals surface area contributed by atoms with E-state index in [0.717, 1.165) is 19.6 Å². The molecule has 16 heavy (non-hydrogen) atoms. The second-order valence-corrected chi connectivity index (χ2v) is 5.64. The second kappa shape index (κ2) is 6.63. The topological polar surface area (TPSA) is 15.3 Å². The van der Waals surface area contributed by atoms with Gasteiger partial charge in [0, 0.05) is 37.3 Å². The van der Waals surface area contributed by atoms with E-state index in [-0.39, 0.29) is 0 Å². The van der Waals surface area contributed by atoms with Gasteiger partial charge in [-0.25, -0.2) is 0 Å². The maximum absolute atomic E-state index is 5.62. The van der Waals surface area contributed by atoms with Gasteiger partial charge in [-0.1, -0.05) is 45.4 Å². The summed E-state index contributed by atoms with van der Waals surface area (Å²) in [5, 5.41) is 3.66. The van der Waals surface area contributed by atoms with E-state index in [1.54, 1.807) is 5.54 Å². The SMILES string of the molecule is CC(C)C1CN(C/C=C/Cl)C(C(C)C)CN1. The molecule has 0 spiro atoms. The van der Waals surface area contributed by atoms with Gasteiger partial charge in [0.15, 0.2) is 0 Å². The van der Waals surface area contributed by atoms with Crippen molar-refractivity contribution in [3.05, 3.63) is 11.6 Å². The Balaban J connectivity index is 2.61. The summed E-state index contributed by atoms with van der Waals surface area (Å²) in [6, 6.07) is 1.24. The van der Waals surface area contributed by atoms with Crippen molar-refractivity contribution in [1.82, 2.24) is 10.2 Å². The van der Waals surface area contributed by atoms with Crippen molar-refractivity contribution in [3.63, 3.8) is 0 Å². The van der Waals surface area contributed by atoms with Crippen molar-refractivity contribution in [1.29, 1.82) is 0 Å². The average molecular weight is 245 g/mol. The molecule has 0 radical (unpaired) electrons. The number of hydrogen-bond donors (Lipinski definition) is 1. The highest BCUT2D eigenvalue weighted by molar-refractivity contribution is 6.25. The summed E-state index contributed by atoms with van der Waals surface area (Å²) in [6.45, 7) is 12.3. The zero-order valence-corrected chi connectivity index (χ0v) is 11.7. The Morgan fingerprint density at radius 2 is 2.00 bits per heavy atom. The van der Waals surface area contributed by atoms with E-state index >= 15 is 0 Å². The number of rotatable bonds is 4. The Morgan fingerprint density at radius 3 is 2.50 bits per heavy atom. The van der Waals surface area contributed by atoms with Crippen molar-refractivity contribution in [3.8, 4) is 0 Å². The molecular weight excluding hydrogens is 220 g/mol. The molecule has 0 bridgehead atoms. The van der Waals surface area contributed by atoms with Crippen LogP contribution in [-0.2, 0) is 0 Å². The van der Waals surface area contributed by atoms with Crippen molar-refractivity contribution in [2.75, 3.05) is 19.6 Å². The van der Waals surface area contributed by atoms with E-state index in [1.165, 1.54) is 0 Å². The molecule has 1 saturated heterocycles. The van der Waals surface area contributed by atoms with Gasteiger partial charge in [0.1, 0.15) is 0 Å². The van der Waals surface area contributed by atoms with Crippen LogP contribution in [0.4, 0.5) is 0 Å². The van der Waals surface area contributed by atoms with Crippen molar-refractivity contribution < 1.29 is 0 Å². The van der Waals surface area contributed by atoms with Crippen LogP contribution in [-0.4, -0.2) is 36.6 Å². The number of nitrogens with zero attached hydrogens (tertiary/aromatic N) is 1. The van der Waals surface area contributed by atoms with E-state index < -0.39 is 0 Å². The van der Waals surface area contributed by atoms with Gasteiger partial charge >= 0.3 is 0 Å². The molecule has 0 amide bonds. The Kier molecular flexibility index (Phi) is 5.81. The van der Waals surface area contributed by atoms with Crippen LogP contribution in [0.15, 0.2) is 11.6 Å². The molecule has 0 aromatic heterocycles. The first-order valence-corrected chi connectivity index (χ1v) is 6.72. The van der Waals surface area contributed by atoms with E-state index in [1.807, 2.05) is 6.08 Å². The fraction of sp³-hybridized carbons (Fsp3) is 0.846. The molecule has 0 aromatic rings. The van der Waals surface area contributed by atoms with E-state index in [9.17, 15) is 0 Å². The lowest BCUT2D eigenvalue weighted by Crippen LogP contribution is -2.59. The summed E-state index contributed by atoms with van der Waals surface area (Å²) < 4.78 is 0. The molecule has 2 unspecified atom stereocenters. The molecule has 1 heterocycles. The van der Waals surface area contributed by atoms with Gasteiger partial charge in [-0.05, 0) is 11.8 Å². The monoisotopic (exact) mass is 244 g/mol. The minimum absolute atomic E-state index is 0.610. The summed E-state index contributed by atoms with van der Waals surface area (Å²) in [4.78, 5) is 2.55. The van der Waals surface area contributed by atoms with Crippen molar-refractivity contribution >= 4 is 11.6 Å². The zero-order chi connectivity index (χ0) is 12.1. The van der Waals surface area contributed by atoms with Gasteiger partial charge in [-0.3, -0.25) is 4.90 Å². The van der Waals surface area contributed by atoms with Gasteiger partial charge in [0.25, 0.3) is 0 Å². The fourth-order valence-corrected chi connectivity index (χ4v) is 2.42. The highest BCUT2D eigenvalue weighted by Crippen LogP contribution is 2.18. The molecule has 1 fully saturated rings. The normalized spacial score (nSPS) is 28.4. The molecule has 3 heteroatoms. The van der Waals surface area contributed by atoms with E-state index in [2.05, 4.69) is 37.9 Å². The first-order valence-electron chi connectivity index (χ1n) is 6.29. The molecule has 94 valence electrons. The molecule has 0 aliphatic carbocycles. The number of halogens is 1. The van der Waals surface area contributed by atoms with Gasteiger partial charge < -0.3 is 5.32 Å². The van der Waals surface area contributed by atoms with Gasteiger partial charge in [0.2, 0.25) is 0 Å². The molecule has 1 N–H and O–H groups in total. The average Bonchev–Trinajstić information content (AvgIpc) is 2.25. The van der Waals surface area contributed by atoms with Crippen LogP contribution >= 0.6 is 11.6 Å². The largest absolute Gasteiger partial charge is 0.311 e. The number of piperazine rings is 1. The summed E-state index contributed by atoms with van der Waals surface area (Å²) in [5.74, 6) is 1.37. The van der Waals surface area contributed by atoms with E-state index in [0.29, 0.717) is 23.9 Å². The lowest BCUT2D eigenvalue weighted by molar-refractivity contribution is 0.0970. The lowest BCUT2D eigenvalue weighted by Gasteiger charge is -2.43. The molecule has 0 saturated carbocycles. The third kappa shape index (κ3) is 3.76. The standard InChI is InChI=1S/C13H25ClN2/c1-10(2)12-9-16(7-5-6-14)13(8-15-12)11(3)4/h5-6,10-13,15H,7-9H2,1-4H3/b6-5+. The minimum Gasteiger partial charge on any atom is -0.311 e. The van der Waals surface area contributed by atoms with Crippen LogP contribution < -0.4 is 5.32 Å². The highest BCUT2D eigenvalue weighted by atomic mass is 35.5. The third-order valence-electron chi connectivity index (χ3n) is 3.49. The molecule has 0 aromatic carbocycles. The molecule has 1 rings (SSSR count).